The first-order valence-corrected chi connectivity index (χ1v) is 6.35. The first-order valence-electron chi connectivity index (χ1n) is 5.56. The maximum Gasteiger partial charge on any atom is 0.250 e. The van der Waals surface area contributed by atoms with Crippen molar-refractivity contribution in [1.29, 1.82) is 0 Å². The zero-order chi connectivity index (χ0) is 14.0. The van der Waals surface area contributed by atoms with Crippen LogP contribution < -0.4 is 16.8 Å². The average molecular weight is 321 g/mol. The molecule has 0 atom stereocenters. The van der Waals surface area contributed by atoms with Gasteiger partial charge < -0.3 is 16.8 Å². The van der Waals surface area contributed by atoms with E-state index in [9.17, 15) is 4.79 Å². The molecule has 2 aromatic rings. The van der Waals surface area contributed by atoms with Gasteiger partial charge in [0, 0.05) is 4.47 Å². The molecule has 0 spiro atoms. The Morgan fingerprint density at radius 3 is 2.74 bits per heavy atom. The molecule has 1 aromatic carbocycles. The summed E-state index contributed by atoms with van der Waals surface area (Å²) in [7, 11) is 0. The predicted molar refractivity (Wildman–Crippen MR) is 79.3 cm³/mol. The van der Waals surface area contributed by atoms with Gasteiger partial charge >= 0.3 is 0 Å². The maximum absolute atomic E-state index is 11.2. The molecule has 0 aliphatic rings. The monoisotopic (exact) mass is 320 g/mol. The fraction of sp³-hybridized carbons (Fsp3) is 0.0769. The second-order valence-electron chi connectivity index (χ2n) is 4.13. The van der Waals surface area contributed by atoms with E-state index in [1.54, 1.807) is 0 Å². The van der Waals surface area contributed by atoms with Gasteiger partial charge in [0.2, 0.25) is 0 Å². The van der Waals surface area contributed by atoms with Gasteiger partial charge in [-0.05, 0) is 46.6 Å². The number of amides is 1. The third kappa shape index (κ3) is 3.03. The molecule has 98 valence electrons. The molecule has 0 fully saturated rings. The maximum atomic E-state index is 11.2. The van der Waals surface area contributed by atoms with Crippen molar-refractivity contribution in [3.05, 3.63) is 46.1 Å². The number of nitrogens with one attached hydrogen (secondary N) is 1. The smallest absolute Gasteiger partial charge is 0.250 e. The SMILES string of the molecule is Cc1ccc(Nc2cc(C(N)=O)c(N)cn2)c(Br)c1. The van der Waals surface area contributed by atoms with E-state index in [2.05, 4.69) is 26.2 Å². The number of aromatic nitrogens is 1. The quantitative estimate of drug-likeness (QED) is 0.810. The van der Waals surface area contributed by atoms with Gasteiger partial charge in [-0.25, -0.2) is 4.98 Å². The van der Waals surface area contributed by atoms with Crippen molar-refractivity contribution >= 4 is 39.0 Å². The number of pyridine rings is 1. The number of nitrogen functional groups attached to an aromatic ring is 1. The predicted octanol–water partition coefficient (Wildman–Crippen LogP) is 2.58. The number of carbonyl (C=O) groups is 1. The lowest BCUT2D eigenvalue weighted by Crippen LogP contribution is -2.14. The molecule has 5 N–H and O–H groups in total. The van der Waals surface area contributed by atoms with Gasteiger partial charge in [0.1, 0.15) is 5.82 Å². The summed E-state index contributed by atoms with van der Waals surface area (Å²) in [4.78, 5) is 15.3. The van der Waals surface area contributed by atoms with Gasteiger partial charge in [-0.1, -0.05) is 6.07 Å². The fourth-order valence-electron chi connectivity index (χ4n) is 1.61. The summed E-state index contributed by atoms with van der Waals surface area (Å²) in [6.45, 7) is 2.00. The average Bonchev–Trinajstić information content (AvgIpc) is 2.34. The van der Waals surface area contributed by atoms with Crippen LogP contribution in [0.3, 0.4) is 0 Å². The van der Waals surface area contributed by atoms with Crippen LogP contribution in [-0.4, -0.2) is 10.9 Å². The molecule has 0 unspecified atom stereocenters. The molecule has 0 radical (unpaired) electrons. The lowest BCUT2D eigenvalue weighted by Gasteiger charge is -2.10. The number of aryl methyl sites for hydroxylation is 1. The summed E-state index contributed by atoms with van der Waals surface area (Å²) in [5.74, 6) is -0.0709. The Morgan fingerprint density at radius 2 is 2.11 bits per heavy atom. The number of primary amides is 1. The summed E-state index contributed by atoms with van der Waals surface area (Å²) >= 11 is 3.46. The molecule has 5 nitrogen and oxygen atoms in total. The molecule has 0 aliphatic carbocycles. The first kappa shape index (κ1) is 13.4. The number of benzene rings is 1. The van der Waals surface area contributed by atoms with Gasteiger partial charge in [0.25, 0.3) is 5.91 Å². The highest BCUT2D eigenvalue weighted by atomic mass is 79.9. The van der Waals surface area contributed by atoms with Gasteiger partial charge in [0.15, 0.2) is 0 Å². The van der Waals surface area contributed by atoms with E-state index in [4.69, 9.17) is 11.5 Å². The number of carbonyl (C=O) groups excluding carboxylic acids is 1. The molecule has 1 heterocycles. The molecule has 1 aromatic heterocycles. The van der Waals surface area contributed by atoms with E-state index >= 15 is 0 Å². The molecule has 1 amide bonds. The number of nitrogens with zero attached hydrogens (tertiary/aromatic N) is 1. The fourth-order valence-corrected chi connectivity index (χ4v) is 2.20. The van der Waals surface area contributed by atoms with Crippen LogP contribution in [0.2, 0.25) is 0 Å². The Kier molecular flexibility index (Phi) is 3.71. The van der Waals surface area contributed by atoms with Crippen LogP contribution in [0, 0.1) is 6.92 Å². The van der Waals surface area contributed by atoms with Crippen LogP contribution >= 0.6 is 15.9 Å². The summed E-state index contributed by atoms with van der Waals surface area (Å²) in [6, 6.07) is 7.40. The van der Waals surface area contributed by atoms with Crippen molar-refractivity contribution in [2.45, 2.75) is 6.92 Å². The zero-order valence-electron chi connectivity index (χ0n) is 10.3. The summed E-state index contributed by atoms with van der Waals surface area (Å²) in [5, 5.41) is 3.10. The van der Waals surface area contributed by atoms with Gasteiger partial charge in [0.05, 0.1) is 23.1 Å². The normalized spacial score (nSPS) is 10.2. The van der Waals surface area contributed by atoms with Crippen molar-refractivity contribution < 1.29 is 4.79 Å². The lowest BCUT2D eigenvalue weighted by molar-refractivity contribution is 0.100. The molecule has 2 rings (SSSR count). The van der Waals surface area contributed by atoms with Crippen LogP contribution in [0.4, 0.5) is 17.2 Å². The summed E-state index contributed by atoms with van der Waals surface area (Å²) < 4.78 is 0.909. The highest BCUT2D eigenvalue weighted by Crippen LogP contribution is 2.26. The minimum atomic E-state index is -0.578. The van der Waals surface area contributed by atoms with E-state index in [1.807, 2.05) is 25.1 Å². The topological polar surface area (TPSA) is 94.0 Å². The number of rotatable bonds is 3. The number of hydrogen-bond donors (Lipinski definition) is 3. The van der Waals surface area contributed by atoms with Crippen molar-refractivity contribution in [3.63, 3.8) is 0 Å². The van der Waals surface area contributed by atoms with Crippen LogP contribution in [0.1, 0.15) is 15.9 Å². The highest BCUT2D eigenvalue weighted by molar-refractivity contribution is 9.10. The molecule has 0 saturated carbocycles. The molecular formula is C13H13BrN4O. The second kappa shape index (κ2) is 5.27. The standard InChI is InChI=1S/C13H13BrN4O/c1-7-2-3-11(9(14)4-7)18-12-5-8(13(16)19)10(15)6-17-12/h2-6H,15H2,1H3,(H2,16,19)(H,17,18). The minimum absolute atomic E-state index is 0.251. The van der Waals surface area contributed by atoms with Crippen LogP contribution in [0.25, 0.3) is 0 Å². The van der Waals surface area contributed by atoms with Crippen LogP contribution in [0.5, 0.6) is 0 Å². The Bertz CT molecular complexity index is 643. The minimum Gasteiger partial charge on any atom is -0.397 e. The third-order valence-electron chi connectivity index (χ3n) is 2.59. The van der Waals surface area contributed by atoms with Gasteiger partial charge in [-0.3, -0.25) is 4.79 Å². The molecule has 0 aliphatic heterocycles. The van der Waals surface area contributed by atoms with Gasteiger partial charge in [-0.2, -0.15) is 0 Å². The third-order valence-corrected chi connectivity index (χ3v) is 3.24. The Hall–Kier alpha value is -2.08. The van der Waals surface area contributed by atoms with Crippen molar-refractivity contribution in [3.8, 4) is 0 Å². The number of nitrogens with two attached hydrogens (primary N) is 2. The molecular weight excluding hydrogens is 308 g/mol. The summed E-state index contributed by atoms with van der Waals surface area (Å²) in [5.41, 5.74) is 13.4. The summed E-state index contributed by atoms with van der Waals surface area (Å²) in [6.07, 6.45) is 1.41. The van der Waals surface area contributed by atoms with E-state index in [1.165, 1.54) is 12.3 Å². The van der Waals surface area contributed by atoms with Crippen LogP contribution in [0.15, 0.2) is 34.9 Å². The lowest BCUT2D eigenvalue weighted by atomic mass is 10.2. The number of halogens is 1. The first-order chi connectivity index (χ1) is 8.97. The van der Waals surface area contributed by atoms with Crippen molar-refractivity contribution in [2.75, 3.05) is 11.1 Å². The molecule has 0 saturated heterocycles. The zero-order valence-corrected chi connectivity index (χ0v) is 11.9. The number of hydrogen-bond acceptors (Lipinski definition) is 4. The van der Waals surface area contributed by atoms with E-state index in [-0.39, 0.29) is 11.3 Å². The van der Waals surface area contributed by atoms with E-state index < -0.39 is 5.91 Å². The van der Waals surface area contributed by atoms with Gasteiger partial charge in [-0.15, -0.1) is 0 Å². The highest BCUT2D eigenvalue weighted by Gasteiger charge is 2.09. The largest absolute Gasteiger partial charge is 0.397 e. The van der Waals surface area contributed by atoms with Crippen LogP contribution in [-0.2, 0) is 0 Å². The Morgan fingerprint density at radius 1 is 1.37 bits per heavy atom. The molecule has 6 heteroatoms. The van der Waals surface area contributed by atoms with E-state index in [0.717, 1.165) is 15.7 Å². The molecule has 19 heavy (non-hydrogen) atoms. The molecule has 0 bridgehead atoms. The Balaban J connectivity index is 2.33. The number of anilines is 3. The Labute approximate surface area is 119 Å². The van der Waals surface area contributed by atoms with Crippen molar-refractivity contribution in [2.24, 2.45) is 5.73 Å². The van der Waals surface area contributed by atoms with Crippen molar-refractivity contribution in [1.82, 2.24) is 4.98 Å². The second-order valence-corrected chi connectivity index (χ2v) is 4.98. The van der Waals surface area contributed by atoms with E-state index in [0.29, 0.717) is 5.82 Å².